The maximum Gasteiger partial charge on any atom is 0.355 e. The Kier molecular flexibility index (Phi) is 12.5. The maximum atomic E-state index is 13.7. The largest absolute Gasteiger partial charge is 0.481 e. The van der Waals surface area contributed by atoms with Crippen LogP contribution in [-0.4, -0.2) is 106 Å². The van der Waals surface area contributed by atoms with E-state index in [4.69, 9.17) is 18.5 Å². The smallest absolute Gasteiger partial charge is 0.355 e. The first-order chi connectivity index (χ1) is 29.3. The first-order valence-electron chi connectivity index (χ1n) is 24.7. The number of nitrogens with one attached hydrogen (secondary N) is 1. The summed E-state index contributed by atoms with van der Waals surface area (Å²) in [5.41, 5.74) is 0.0578. The van der Waals surface area contributed by atoms with Gasteiger partial charge in [-0.25, -0.2) is 8.42 Å². The van der Waals surface area contributed by atoms with E-state index in [1.54, 1.807) is 0 Å². The van der Waals surface area contributed by atoms with Crippen molar-refractivity contribution in [3.63, 3.8) is 0 Å². The fourth-order valence-electron chi connectivity index (χ4n) is 16.9. The predicted octanol–water partition coefficient (Wildman–Crippen LogP) is 8.82. The van der Waals surface area contributed by atoms with E-state index in [0.29, 0.717) is 61.1 Å². The highest BCUT2D eigenvalue weighted by molar-refractivity contribution is 7.91. The van der Waals surface area contributed by atoms with Gasteiger partial charge >= 0.3 is 19.5 Å². The lowest BCUT2D eigenvalue weighted by Gasteiger charge is -2.73. The number of carboxylic acids is 1. The Balaban J connectivity index is 1.03. The molecule has 14 atom stereocenters. The maximum absolute atomic E-state index is 13.7. The second-order valence-electron chi connectivity index (χ2n) is 24.5. The van der Waals surface area contributed by atoms with E-state index in [0.717, 1.165) is 32.1 Å². The van der Waals surface area contributed by atoms with Crippen molar-refractivity contribution in [1.82, 2.24) is 10.2 Å². The minimum atomic E-state index is -3.40. The number of carbonyl (C=O) groups is 2. The summed E-state index contributed by atoms with van der Waals surface area (Å²) >= 11 is 0. The molecule has 7 saturated carbocycles. The Bertz CT molecular complexity index is 1920. The zero-order chi connectivity index (χ0) is 46.0. The SMILES string of the molecule is COP(=O)(COC(C)C(CN[C@]12CC[C@@H](C3(C)CC3)[C@@H]1[C@H]1CC[C@@H]3[C@@]4(C)CC[C@H](OC(=O)[C@H]5C[C@@H](C(=O)O)C5(C)C)C(C)(C)[C@@H]4CC[C@@]3(C)[C@]1(C)CC2)N1CCS(=O)(=O)CC1)OC. The minimum absolute atomic E-state index is 0.0116. The monoisotopic (exact) mass is 923 g/mol. The molecular weight excluding hydrogens is 840 g/mol. The summed E-state index contributed by atoms with van der Waals surface area (Å²) in [5, 5.41) is 14.1. The van der Waals surface area contributed by atoms with E-state index in [-0.39, 0.29) is 75.2 Å². The molecule has 1 heterocycles. The molecule has 0 bridgehead atoms. The van der Waals surface area contributed by atoms with E-state index in [2.05, 4.69) is 51.8 Å². The molecule has 360 valence electrons. The Hall–Kier alpha value is -1.08. The van der Waals surface area contributed by atoms with Crippen molar-refractivity contribution in [2.45, 2.75) is 170 Å². The van der Waals surface area contributed by atoms with E-state index >= 15 is 0 Å². The molecular formula is C49H83N2O10PS. The summed E-state index contributed by atoms with van der Waals surface area (Å²) in [6.45, 7) is 22.6. The molecule has 7 aliphatic carbocycles. The molecule has 0 spiro atoms. The third kappa shape index (κ3) is 7.78. The van der Waals surface area contributed by atoms with Gasteiger partial charge in [0.15, 0.2) is 9.84 Å². The molecule has 8 fully saturated rings. The minimum Gasteiger partial charge on any atom is -0.481 e. The molecule has 0 aromatic rings. The number of esters is 1. The summed E-state index contributed by atoms with van der Waals surface area (Å²) in [5.74, 6) is 1.17. The number of ether oxygens (including phenoxy) is 2. The molecule has 0 aromatic carbocycles. The van der Waals surface area contributed by atoms with Gasteiger partial charge in [0.25, 0.3) is 0 Å². The van der Waals surface area contributed by atoms with Crippen molar-refractivity contribution >= 4 is 29.4 Å². The van der Waals surface area contributed by atoms with Crippen molar-refractivity contribution in [3.05, 3.63) is 0 Å². The van der Waals surface area contributed by atoms with Crippen LogP contribution in [0.1, 0.15) is 146 Å². The van der Waals surface area contributed by atoms with Gasteiger partial charge in [-0.1, -0.05) is 55.4 Å². The number of hydrogen-bond donors (Lipinski definition) is 2. The Labute approximate surface area is 379 Å². The van der Waals surface area contributed by atoms with Crippen LogP contribution in [-0.2, 0) is 42.5 Å². The zero-order valence-corrected chi connectivity index (χ0v) is 42.3. The van der Waals surface area contributed by atoms with Gasteiger partial charge in [0.05, 0.1) is 29.4 Å². The zero-order valence-electron chi connectivity index (χ0n) is 40.6. The highest BCUT2D eigenvalue weighted by atomic mass is 32.2. The third-order valence-corrected chi connectivity index (χ3v) is 24.7. The molecule has 63 heavy (non-hydrogen) atoms. The van der Waals surface area contributed by atoms with Gasteiger partial charge in [-0.3, -0.25) is 19.1 Å². The average molecular weight is 923 g/mol. The van der Waals surface area contributed by atoms with Crippen LogP contribution in [0.25, 0.3) is 0 Å². The second kappa shape index (κ2) is 16.3. The number of rotatable bonds is 14. The molecule has 1 aliphatic heterocycles. The number of fused-ring (bicyclic) bond motifs is 7. The van der Waals surface area contributed by atoms with Crippen molar-refractivity contribution in [2.24, 2.45) is 73.9 Å². The number of carboxylic acid groups (broad SMARTS) is 1. The molecule has 8 aliphatic rings. The number of sulfone groups is 1. The van der Waals surface area contributed by atoms with Gasteiger partial charge in [0.1, 0.15) is 12.5 Å². The first kappa shape index (κ1) is 48.4. The molecule has 8 rings (SSSR count). The van der Waals surface area contributed by atoms with Crippen molar-refractivity contribution in [1.29, 1.82) is 0 Å². The van der Waals surface area contributed by atoms with Gasteiger partial charge in [-0.05, 0) is 147 Å². The Morgan fingerprint density at radius 1 is 0.778 bits per heavy atom. The number of aliphatic carboxylic acids is 1. The highest BCUT2D eigenvalue weighted by Crippen LogP contribution is 2.78. The van der Waals surface area contributed by atoms with Crippen LogP contribution in [0.3, 0.4) is 0 Å². The van der Waals surface area contributed by atoms with Gasteiger partial charge in [-0.15, -0.1) is 0 Å². The molecule has 0 aromatic heterocycles. The standard InChI is InChI=1S/C49H83N2O10PS/c1-31(60-30-62(55,58-10)59-11)36(51-24-26-63(56,57)27-25-51)29-50-49-19-14-32(45(6)20-21-45)40(49)33-12-13-38-46(7)17-16-39(61-42(54)35-28-34(41(52)53)43(35,2)3)44(4,5)37(46)15-18-48(38,9)47(33,8)22-23-49/h31-40,50H,12-30H2,1-11H3,(H,52,53)/t31?,32-,33-,34+,35-,36?,37+,38-,39+,40-,46+,47-,48-,49+/m1/s1. The third-order valence-electron chi connectivity index (χ3n) is 21.5. The van der Waals surface area contributed by atoms with Crippen LogP contribution in [0.4, 0.5) is 0 Å². The van der Waals surface area contributed by atoms with E-state index < -0.39 is 34.7 Å². The number of nitrogens with zero attached hydrogens (tertiary/aromatic N) is 1. The van der Waals surface area contributed by atoms with E-state index in [1.165, 1.54) is 59.2 Å². The van der Waals surface area contributed by atoms with Crippen molar-refractivity contribution in [3.8, 4) is 0 Å². The lowest BCUT2D eigenvalue weighted by atomic mass is 9.32. The van der Waals surface area contributed by atoms with Crippen LogP contribution in [0.15, 0.2) is 0 Å². The van der Waals surface area contributed by atoms with Gasteiger partial charge < -0.3 is 28.9 Å². The van der Waals surface area contributed by atoms with Gasteiger partial charge in [-0.2, -0.15) is 0 Å². The van der Waals surface area contributed by atoms with E-state index in [9.17, 15) is 27.7 Å². The molecule has 2 N–H and O–H groups in total. The Morgan fingerprint density at radius 3 is 2.05 bits per heavy atom. The van der Waals surface area contributed by atoms with Gasteiger partial charge in [0, 0.05) is 50.8 Å². The van der Waals surface area contributed by atoms with E-state index in [1.807, 2.05) is 20.8 Å². The summed E-state index contributed by atoms with van der Waals surface area (Å²) in [6.07, 6.45) is 13.7. The molecule has 14 heteroatoms. The van der Waals surface area contributed by atoms with Gasteiger partial charge in [0.2, 0.25) is 0 Å². The lowest BCUT2D eigenvalue weighted by Crippen LogP contribution is -2.69. The molecule has 1 saturated heterocycles. The normalized spacial score (nSPS) is 44.4. The molecule has 2 unspecified atom stereocenters. The topological polar surface area (TPSA) is 158 Å². The summed E-state index contributed by atoms with van der Waals surface area (Å²) in [6, 6.07) is -0.107. The Morgan fingerprint density at radius 2 is 1.44 bits per heavy atom. The van der Waals surface area contributed by atoms with Crippen LogP contribution >= 0.6 is 7.60 Å². The van der Waals surface area contributed by atoms with Crippen LogP contribution in [0.2, 0.25) is 0 Å². The average Bonchev–Trinajstić information content (AvgIpc) is 3.84. The molecule has 0 radical (unpaired) electrons. The summed E-state index contributed by atoms with van der Waals surface area (Å²) in [7, 11) is -3.72. The first-order valence-corrected chi connectivity index (χ1v) is 28.3. The fourth-order valence-corrected chi connectivity index (χ4v) is 18.9. The van der Waals surface area contributed by atoms with Crippen LogP contribution < -0.4 is 5.32 Å². The fraction of sp³-hybridized carbons (Fsp3) is 0.959. The predicted molar refractivity (Wildman–Crippen MR) is 244 cm³/mol. The van der Waals surface area contributed by atoms with Crippen molar-refractivity contribution in [2.75, 3.05) is 51.7 Å². The second-order valence-corrected chi connectivity index (χ2v) is 29.1. The number of hydrogen-bond acceptors (Lipinski definition) is 11. The number of carbonyl (C=O) groups excluding carboxylic acids is 1. The van der Waals surface area contributed by atoms with Crippen molar-refractivity contribution < 1.29 is 46.2 Å². The highest BCUT2D eigenvalue weighted by Gasteiger charge is 2.72. The summed E-state index contributed by atoms with van der Waals surface area (Å²) < 4.78 is 61.5. The quantitative estimate of drug-likeness (QED) is 0.126. The lowest BCUT2D eigenvalue weighted by molar-refractivity contribution is -0.250. The molecule has 0 amide bonds. The summed E-state index contributed by atoms with van der Waals surface area (Å²) in [4.78, 5) is 27.9. The van der Waals surface area contributed by atoms with Crippen LogP contribution in [0, 0.1) is 73.9 Å². The van der Waals surface area contributed by atoms with Crippen LogP contribution in [0.5, 0.6) is 0 Å². The molecule has 12 nitrogen and oxygen atoms in total.